The van der Waals surface area contributed by atoms with E-state index in [1.54, 1.807) is 11.9 Å². The van der Waals surface area contributed by atoms with E-state index in [0.717, 1.165) is 25.7 Å². The highest BCUT2D eigenvalue weighted by atomic mass is 16.2. The van der Waals surface area contributed by atoms with Gasteiger partial charge in [-0.1, -0.05) is 0 Å². The summed E-state index contributed by atoms with van der Waals surface area (Å²) in [5.41, 5.74) is 0. The standard InChI is InChI=1S/C12H19N3O2/c1-14(6-3-5-13)12(17)9-15-7-2-4-11(8-15)10-16/h10-11H,2-4,6-9H2,1H3. The van der Waals surface area contributed by atoms with Crippen LogP contribution in [0.15, 0.2) is 0 Å². The minimum atomic E-state index is 0.0202. The van der Waals surface area contributed by atoms with Gasteiger partial charge in [0, 0.05) is 26.1 Å². The predicted molar refractivity (Wildman–Crippen MR) is 63.1 cm³/mol. The number of nitriles is 1. The predicted octanol–water partition coefficient (Wildman–Crippen LogP) is 0.269. The van der Waals surface area contributed by atoms with Crippen LogP contribution in [0.2, 0.25) is 0 Å². The summed E-state index contributed by atoms with van der Waals surface area (Å²) in [6, 6.07) is 2.02. The first kappa shape index (κ1) is 13.7. The van der Waals surface area contributed by atoms with E-state index < -0.39 is 0 Å². The summed E-state index contributed by atoms with van der Waals surface area (Å²) in [4.78, 5) is 26.1. The van der Waals surface area contributed by atoms with E-state index >= 15 is 0 Å². The molecule has 0 bridgehead atoms. The van der Waals surface area contributed by atoms with Crippen molar-refractivity contribution in [2.75, 3.05) is 33.2 Å². The summed E-state index contributed by atoms with van der Waals surface area (Å²) in [7, 11) is 1.71. The van der Waals surface area contributed by atoms with Gasteiger partial charge in [-0.15, -0.1) is 0 Å². The lowest BCUT2D eigenvalue weighted by Gasteiger charge is -2.30. The van der Waals surface area contributed by atoms with Crippen LogP contribution < -0.4 is 0 Å². The fourth-order valence-electron chi connectivity index (χ4n) is 2.00. The fraction of sp³-hybridized carbons (Fsp3) is 0.750. The summed E-state index contributed by atoms with van der Waals surface area (Å²) in [6.45, 7) is 2.38. The van der Waals surface area contributed by atoms with Crippen molar-refractivity contribution in [3.8, 4) is 6.07 Å². The molecule has 0 spiro atoms. The second kappa shape index (κ2) is 7.02. The van der Waals surface area contributed by atoms with Crippen molar-refractivity contribution in [1.29, 1.82) is 5.26 Å². The highest BCUT2D eigenvalue weighted by Crippen LogP contribution is 2.14. The van der Waals surface area contributed by atoms with Crippen molar-refractivity contribution >= 4 is 12.2 Å². The molecule has 17 heavy (non-hydrogen) atoms. The van der Waals surface area contributed by atoms with Crippen LogP contribution in [0.5, 0.6) is 0 Å². The second-order valence-electron chi connectivity index (χ2n) is 4.50. The molecule has 1 amide bonds. The first-order valence-corrected chi connectivity index (χ1v) is 5.96. The first-order valence-electron chi connectivity index (χ1n) is 5.96. The topological polar surface area (TPSA) is 64.4 Å². The number of hydrogen-bond donors (Lipinski definition) is 0. The van der Waals surface area contributed by atoms with E-state index in [4.69, 9.17) is 5.26 Å². The van der Waals surface area contributed by atoms with Gasteiger partial charge in [0.1, 0.15) is 6.29 Å². The molecule has 1 heterocycles. The maximum atomic E-state index is 11.8. The van der Waals surface area contributed by atoms with Crippen molar-refractivity contribution in [3.05, 3.63) is 0 Å². The molecule has 0 aliphatic carbocycles. The minimum Gasteiger partial charge on any atom is -0.344 e. The maximum Gasteiger partial charge on any atom is 0.236 e. The van der Waals surface area contributed by atoms with Gasteiger partial charge in [-0.05, 0) is 19.4 Å². The Morgan fingerprint density at radius 3 is 3.06 bits per heavy atom. The van der Waals surface area contributed by atoms with E-state index in [0.29, 0.717) is 26.1 Å². The zero-order valence-corrected chi connectivity index (χ0v) is 10.3. The number of likely N-dealkylation sites (tertiary alicyclic amines) is 1. The Kier molecular flexibility index (Phi) is 5.64. The Morgan fingerprint density at radius 2 is 2.41 bits per heavy atom. The Labute approximate surface area is 102 Å². The van der Waals surface area contributed by atoms with Crippen LogP contribution in [0.25, 0.3) is 0 Å². The molecule has 5 nitrogen and oxygen atoms in total. The lowest BCUT2D eigenvalue weighted by atomic mass is 10.00. The van der Waals surface area contributed by atoms with E-state index in [-0.39, 0.29) is 11.8 Å². The average molecular weight is 237 g/mol. The van der Waals surface area contributed by atoms with Gasteiger partial charge in [0.05, 0.1) is 19.0 Å². The minimum absolute atomic E-state index is 0.0202. The molecule has 94 valence electrons. The third-order valence-corrected chi connectivity index (χ3v) is 3.08. The van der Waals surface area contributed by atoms with Crippen molar-refractivity contribution in [3.63, 3.8) is 0 Å². The van der Waals surface area contributed by atoms with Crippen LogP contribution >= 0.6 is 0 Å². The van der Waals surface area contributed by atoms with Gasteiger partial charge < -0.3 is 9.69 Å². The number of amides is 1. The molecular formula is C12H19N3O2. The van der Waals surface area contributed by atoms with Crippen LogP contribution in [-0.2, 0) is 9.59 Å². The number of hydrogen-bond acceptors (Lipinski definition) is 4. The zero-order chi connectivity index (χ0) is 12.7. The Morgan fingerprint density at radius 1 is 1.65 bits per heavy atom. The summed E-state index contributed by atoms with van der Waals surface area (Å²) in [5, 5.41) is 8.45. The van der Waals surface area contributed by atoms with Gasteiger partial charge in [0.25, 0.3) is 0 Å². The monoisotopic (exact) mass is 237 g/mol. The molecule has 0 aromatic heterocycles. The Balaban J connectivity index is 2.35. The van der Waals surface area contributed by atoms with Crippen molar-refractivity contribution < 1.29 is 9.59 Å². The zero-order valence-electron chi connectivity index (χ0n) is 10.3. The van der Waals surface area contributed by atoms with Crippen LogP contribution in [-0.4, -0.2) is 55.2 Å². The molecule has 1 saturated heterocycles. The van der Waals surface area contributed by atoms with Crippen LogP contribution in [0.4, 0.5) is 0 Å². The number of aldehydes is 1. The van der Waals surface area contributed by atoms with Gasteiger partial charge in [0.15, 0.2) is 0 Å². The molecular weight excluding hydrogens is 218 g/mol. The quantitative estimate of drug-likeness (QED) is 0.644. The SMILES string of the molecule is CN(CCC#N)C(=O)CN1CCCC(C=O)C1. The second-order valence-corrected chi connectivity index (χ2v) is 4.50. The number of rotatable bonds is 5. The van der Waals surface area contributed by atoms with Crippen LogP contribution in [0.1, 0.15) is 19.3 Å². The maximum absolute atomic E-state index is 11.8. The molecule has 0 aromatic carbocycles. The van der Waals surface area contributed by atoms with Gasteiger partial charge in [-0.2, -0.15) is 5.26 Å². The van der Waals surface area contributed by atoms with E-state index in [1.807, 2.05) is 11.0 Å². The van der Waals surface area contributed by atoms with Crippen molar-refractivity contribution in [1.82, 2.24) is 9.80 Å². The van der Waals surface area contributed by atoms with Crippen molar-refractivity contribution in [2.45, 2.75) is 19.3 Å². The summed E-state index contributed by atoms with van der Waals surface area (Å²) >= 11 is 0. The molecule has 1 rings (SSSR count). The third kappa shape index (κ3) is 4.53. The van der Waals surface area contributed by atoms with E-state index in [9.17, 15) is 9.59 Å². The number of nitrogens with zero attached hydrogens (tertiary/aromatic N) is 3. The lowest BCUT2D eigenvalue weighted by molar-refractivity contribution is -0.132. The smallest absolute Gasteiger partial charge is 0.236 e. The average Bonchev–Trinajstić information content (AvgIpc) is 2.36. The molecule has 0 N–H and O–H groups in total. The number of carbonyl (C=O) groups excluding carboxylic acids is 2. The molecule has 1 unspecified atom stereocenters. The Hall–Kier alpha value is -1.41. The normalized spacial score (nSPS) is 20.6. The van der Waals surface area contributed by atoms with Crippen molar-refractivity contribution in [2.24, 2.45) is 5.92 Å². The lowest BCUT2D eigenvalue weighted by Crippen LogP contribution is -2.43. The third-order valence-electron chi connectivity index (χ3n) is 3.08. The Bertz CT molecular complexity index is 311. The molecule has 1 aliphatic rings. The molecule has 1 aliphatic heterocycles. The van der Waals surface area contributed by atoms with E-state index in [1.165, 1.54) is 0 Å². The van der Waals surface area contributed by atoms with Gasteiger partial charge >= 0.3 is 0 Å². The van der Waals surface area contributed by atoms with Gasteiger partial charge in [-0.25, -0.2) is 0 Å². The van der Waals surface area contributed by atoms with Gasteiger partial charge in [-0.3, -0.25) is 9.69 Å². The summed E-state index contributed by atoms with van der Waals surface area (Å²) in [6.07, 6.45) is 3.24. The molecule has 0 saturated carbocycles. The summed E-state index contributed by atoms with van der Waals surface area (Å²) in [5.74, 6) is 0.0905. The molecule has 0 aromatic rings. The molecule has 1 fully saturated rings. The first-order chi connectivity index (χ1) is 8.17. The van der Waals surface area contributed by atoms with E-state index in [2.05, 4.69) is 0 Å². The highest BCUT2D eigenvalue weighted by Gasteiger charge is 2.22. The number of carbonyl (C=O) groups is 2. The van der Waals surface area contributed by atoms with Crippen LogP contribution in [0, 0.1) is 17.2 Å². The highest BCUT2D eigenvalue weighted by molar-refractivity contribution is 5.78. The molecule has 0 radical (unpaired) electrons. The van der Waals surface area contributed by atoms with Gasteiger partial charge in [0.2, 0.25) is 5.91 Å². The number of likely N-dealkylation sites (N-methyl/N-ethyl adjacent to an activating group) is 1. The largest absolute Gasteiger partial charge is 0.344 e. The van der Waals surface area contributed by atoms with Crippen LogP contribution in [0.3, 0.4) is 0 Å². The fourth-order valence-corrected chi connectivity index (χ4v) is 2.00. The summed E-state index contributed by atoms with van der Waals surface area (Å²) < 4.78 is 0. The number of piperidine rings is 1. The molecule has 5 heteroatoms. The molecule has 1 atom stereocenters.